The molecule has 1 aliphatic carbocycles. The summed E-state index contributed by atoms with van der Waals surface area (Å²) in [5.41, 5.74) is 3.20. The van der Waals surface area contributed by atoms with Crippen molar-refractivity contribution < 1.29 is 23.5 Å². The van der Waals surface area contributed by atoms with Crippen molar-refractivity contribution in [2.24, 2.45) is 0 Å². The highest BCUT2D eigenvalue weighted by Gasteiger charge is 2.62. The second-order valence-corrected chi connectivity index (χ2v) is 9.58. The number of nitrogens with one attached hydrogen (secondary N) is 1. The minimum Gasteiger partial charge on any atom is -0.497 e. The molecule has 0 spiro atoms. The van der Waals surface area contributed by atoms with E-state index in [4.69, 9.17) is 9.47 Å². The first-order valence-electron chi connectivity index (χ1n) is 11.9. The van der Waals surface area contributed by atoms with Gasteiger partial charge in [-0.05, 0) is 49.1 Å². The van der Waals surface area contributed by atoms with E-state index in [0.717, 1.165) is 73.3 Å². The lowest BCUT2D eigenvalue weighted by Gasteiger charge is -2.54. The lowest BCUT2D eigenvalue weighted by Crippen LogP contribution is -2.72. The summed E-state index contributed by atoms with van der Waals surface area (Å²) in [5, 5.41) is 3.24. The predicted molar refractivity (Wildman–Crippen MR) is 128 cm³/mol. The van der Waals surface area contributed by atoms with E-state index in [-0.39, 0.29) is 25.0 Å². The molecule has 2 aromatic rings. The van der Waals surface area contributed by atoms with Crippen molar-refractivity contribution in [2.45, 2.75) is 58.1 Å². The molecule has 33 heavy (non-hydrogen) atoms. The van der Waals surface area contributed by atoms with E-state index in [1.165, 1.54) is 0 Å². The van der Waals surface area contributed by atoms with E-state index in [0.29, 0.717) is 4.48 Å². The Morgan fingerprint density at radius 1 is 1.00 bits per heavy atom. The van der Waals surface area contributed by atoms with Crippen LogP contribution in [0.5, 0.6) is 5.75 Å². The Morgan fingerprint density at radius 3 is 2.18 bits per heavy atom. The van der Waals surface area contributed by atoms with Crippen LogP contribution >= 0.6 is 0 Å². The molecule has 0 unspecified atom stereocenters. The largest absolute Gasteiger partial charge is 0.497 e. The van der Waals surface area contributed by atoms with Crippen molar-refractivity contribution in [3.63, 3.8) is 0 Å². The highest BCUT2D eigenvalue weighted by molar-refractivity contribution is 5.99. The van der Waals surface area contributed by atoms with E-state index in [2.05, 4.69) is 5.32 Å². The number of hydrogen-bond donors (Lipinski definition) is 1. The number of methoxy groups -OCH3 is 1. The molecule has 1 aliphatic heterocycles. The summed E-state index contributed by atoms with van der Waals surface area (Å²) in [5.74, 6) is 0.588. The fourth-order valence-electron chi connectivity index (χ4n) is 5.61. The highest BCUT2D eigenvalue weighted by atomic mass is 16.5. The van der Waals surface area contributed by atoms with E-state index >= 15 is 0 Å². The molecule has 176 valence electrons. The van der Waals surface area contributed by atoms with Crippen molar-refractivity contribution in [3.05, 3.63) is 59.2 Å². The number of carbonyl (C=O) groups excluding carboxylic acids is 2. The van der Waals surface area contributed by atoms with Gasteiger partial charge in [-0.2, -0.15) is 0 Å². The van der Waals surface area contributed by atoms with Gasteiger partial charge in [0, 0.05) is 31.4 Å². The molecule has 0 bridgehead atoms. The average molecular weight is 452 g/mol. The fraction of sp³-hybridized carbons (Fsp3) is 0.481. The maximum absolute atomic E-state index is 13.8. The zero-order valence-corrected chi connectivity index (χ0v) is 20.0. The van der Waals surface area contributed by atoms with Crippen LogP contribution in [0, 0.1) is 13.8 Å². The first kappa shape index (κ1) is 23.3. The molecule has 1 N–H and O–H groups in total. The molecular formula is C27H35N2O4+. The minimum atomic E-state index is -0.568. The Hall–Kier alpha value is -2.86. The molecule has 1 heterocycles. The van der Waals surface area contributed by atoms with Crippen LogP contribution in [0.2, 0.25) is 0 Å². The Labute approximate surface area is 196 Å². The Kier molecular flexibility index (Phi) is 6.75. The molecule has 6 nitrogen and oxygen atoms in total. The number of nitrogens with zero attached hydrogens (tertiary/aromatic N) is 1. The molecule has 2 aromatic carbocycles. The summed E-state index contributed by atoms with van der Waals surface area (Å²) < 4.78 is 11.5. The molecule has 2 fully saturated rings. The van der Waals surface area contributed by atoms with Crippen LogP contribution in [0.25, 0.3) is 0 Å². The van der Waals surface area contributed by atoms with Gasteiger partial charge in [-0.15, -0.1) is 0 Å². The first-order valence-corrected chi connectivity index (χ1v) is 11.9. The van der Waals surface area contributed by atoms with Crippen LogP contribution in [0.3, 0.4) is 0 Å². The zero-order valence-electron chi connectivity index (χ0n) is 20.0. The number of hydrogen-bond acceptors (Lipinski definition) is 4. The Balaban J connectivity index is 1.53. The second kappa shape index (κ2) is 9.56. The molecule has 1 amide bonds. The van der Waals surface area contributed by atoms with Gasteiger partial charge < -0.3 is 19.3 Å². The number of amides is 1. The normalized spacial score (nSPS) is 18.3. The number of aryl methyl sites for hydroxylation is 2. The molecule has 4 rings (SSSR count). The van der Waals surface area contributed by atoms with Crippen molar-refractivity contribution in [1.29, 1.82) is 0 Å². The second-order valence-electron chi connectivity index (χ2n) is 9.58. The lowest BCUT2D eigenvalue weighted by molar-refractivity contribution is -0.955. The van der Waals surface area contributed by atoms with Gasteiger partial charge in [0.15, 0.2) is 12.1 Å². The summed E-state index contributed by atoms with van der Waals surface area (Å²) >= 11 is 0. The van der Waals surface area contributed by atoms with Crippen molar-refractivity contribution in [2.75, 3.05) is 32.1 Å². The number of carbonyl (C=O) groups is 2. The van der Waals surface area contributed by atoms with Gasteiger partial charge in [-0.25, -0.2) is 4.79 Å². The minimum absolute atomic E-state index is 0.0304. The number of rotatable bonds is 8. The predicted octanol–water partition coefficient (Wildman–Crippen LogP) is 4.53. The van der Waals surface area contributed by atoms with E-state index < -0.39 is 5.54 Å². The maximum Gasteiger partial charge on any atom is 0.362 e. The third-order valence-electron chi connectivity index (χ3n) is 7.59. The molecule has 1 saturated carbocycles. The van der Waals surface area contributed by atoms with E-state index in [9.17, 15) is 9.59 Å². The quantitative estimate of drug-likeness (QED) is 0.473. The number of ether oxygens (including phenoxy) is 2. The molecule has 6 heteroatoms. The summed E-state index contributed by atoms with van der Waals surface area (Å²) in [4.78, 5) is 26.8. The van der Waals surface area contributed by atoms with E-state index in [1.54, 1.807) is 7.11 Å². The SMILES string of the molecule is COc1cc(C)c(NC(=O)C2([N+]3(CC(=O)OCc4ccccc4)CCCC3)CCC2)c(C)c1. The standard InChI is InChI=1S/C27H34N2O4/c1-20-16-23(32-3)17-21(2)25(20)28-26(31)27(12-9-13-27)29(14-7-8-15-29)18-24(30)33-19-22-10-5-4-6-11-22/h4-6,10-11,16-17H,7-9,12-15,18-19H2,1-3H3/p+1. The first-order chi connectivity index (χ1) is 15.9. The maximum atomic E-state index is 13.8. The average Bonchev–Trinajstić information content (AvgIpc) is 3.23. The van der Waals surface area contributed by atoms with Gasteiger partial charge in [0.1, 0.15) is 12.4 Å². The number of quaternary nitrogens is 1. The summed E-state index contributed by atoms with van der Waals surface area (Å²) in [6, 6.07) is 13.6. The van der Waals surface area contributed by atoms with Crippen LogP contribution in [-0.4, -0.2) is 48.6 Å². The molecule has 0 atom stereocenters. The molecule has 1 saturated heterocycles. The van der Waals surface area contributed by atoms with Gasteiger partial charge in [-0.3, -0.25) is 4.79 Å². The molecule has 0 aromatic heterocycles. The smallest absolute Gasteiger partial charge is 0.362 e. The number of anilines is 1. The summed E-state index contributed by atoms with van der Waals surface area (Å²) in [6.45, 7) is 6.17. The lowest BCUT2D eigenvalue weighted by atomic mass is 9.72. The third-order valence-corrected chi connectivity index (χ3v) is 7.59. The number of esters is 1. The highest BCUT2D eigenvalue weighted by Crippen LogP contribution is 2.47. The summed E-state index contributed by atoms with van der Waals surface area (Å²) in [7, 11) is 1.65. The van der Waals surface area contributed by atoms with E-state index in [1.807, 2.05) is 56.3 Å². The third kappa shape index (κ3) is 4.49. The number of benzene rings is 2. The van der Waals surface area contributed by atoms with Crippen molar-refractivity contribution in [1.82, 2.24) is 0 Å². The Morgan fingerprint density at radius 2 is 1.64 bits per heavy atom. The van der Waals surface area contributed by atoms with Crippen molar-refractivity contribution in [3.8, 4) is 5.75 Å². The van der Waals surface area contributed by atoms with Gasteiger partial charge in [0.2, 0.25) is 0 Å². The van der Waals surface area contributed by atoms with Crippen LogP contribution in [-0.2, 0) is 20.9 Å². The molecular weight excluding hydrogens is 416 g/mol. The van der Waals surface area contributed by atoms with Crippen LogP contribution in [0.1, 0.15) is 48.8 Å². The van der Waals surface area contributed by atoms with Crippen LogP contribution in [0.15, 0.2) is 42.5 Å². The Bertz CT molecular complexity index is 985. The van der Waals surface area contributed by atoms with Crippen LogP contribution in [0.4, 0.5) is 5.69 Å². The topological polar surface area (TPSA) is 64.6 Å². The van der Waals surface area contributed by atoms with Gasteiger partial charge in [0.25, 0.3) is 5.91 Å². The van der Waals surface area contributed by atoms with Gasteiger partial charge in [0.05, 0.1) is 20.2 Å². The van der Waals surface area contributed by atoms with Gasteiger partial charge in [-0.1, -0.05) is 30.3 Å². The summed E-state index contributed by atoms with van der Waals surface area (Å²) in [6.07, 6.45) is 4.67. The van der Waals surface area contributed by atoms with Crippen LogP contribution < -0.4 is 10.1 Å². The van der Waals surface area contributed by atoms with Crippen molar-refractivity contribution >= 4 is 17.6 Å². The zero-order chi connectivity index (χ0) is 23.5. The van der Waals surface area contributed by atoms with Gasteiger partial charge >= 0.3 is 5.97 Å². The monoisotopic (exact) mass is 451 g/mol. The molecule has 0 radical (unpaired) electrons. The molecule has 2 aliphatic rings. The number of likely N-dealkylation sites (tertiary alicyclic amines) is 1. The fourth-order valence-corrected chi connectivity index (χ4v) is 5.61.